The van der Waals surface area contributed by atoms with Crippen molar-refractivity contribution in [2.24, 2.45) is 5.73 Å². The Morgan fingerprint density at radius 3 is 2.69 bits per heavy atom. The number of carboxylic acids is 1. The normalized spacial score (nSPS) is 12.4. The van der Waals surface area contributed by atoms with E-state index in [0.717, 1.165) is 12.8 Å². The summed E-state index contributed by atoms with van der Waals surface area (Å²) < 4.78 is 0. The zero-order valence-electron chi connectivity index (χ0n) is 7.45. The number of carbonyl (C=O) groups is 1. The highest BCUT2D eigenvalue weighted by atomic mass is 16.4. The smallest absolute Gasteiger partial charge is 0.317 e. The van der Waals surface area contributed by atoms with Crippen molar-refractivity contribution in [3.63, 3.8) is 0 Å². The summed E-state index contributed by atoms with van der Waals surface area (Å²) in [7, 11) is 0. The maximum atomic E-state index is 10.3. The molecule has 1 radical (unpaired) electrons. The number of hydrogen-bond acceptors (Lipinski definition) is 4. The first-order chi connectivity index (χ1) is 6.20. The van der Waals surface area contributed by atoms with Gasteiger partial charge < -0.3 is 10.8 Å². The molecular weight excluding hydrogens is 172 g/mol. The zero-order valence-corrected chi connectivity index (χ0v) is 7.45. The SMILES string of the molecule is NCCCC[C@@H]([C]=O)NCC(=O)O. The molecule has 0 unspecified atom stereocenters. The van der Waals surface area contributed by atoms with Gasteiger partial charge in [-0.1, -0.05) is 6.42 Å². The van der Waals surface area contributed by atoms with E-state index in [1.54, 1.807) is 6.29 Å². The summed E-state index contributed by atoms with van der Waals surface area (Å²) in [5.74, 6) is -0.973. The lowest BCUT2D eigenvalue weighted by molar-refractivity contribution is -0.136. The molecule has 0 fully saturated rings. The summed E-state index contributed by atoms with van der Waals surface area (Å²) in [5, 5.41) is 10.9. The first kappa shape index (κ1) is 12.1. The van der Waals surface area contributed by atoms with Crippen molar-refractivity contribution in [1.29, 1.82) is 0 Å². The highest BCUT2D eigenvalue weighted by Gasteiger charge is 2.08. The summed E-state index contributed by atoms with van der Waals surface area (Å²) in [4.78, 5) is 20.4. The summed E-state index contributed by atoms with van der Waals surface area (Å²) in [6.45, 7) is 0.382. The van der Waals surface area contributed by atoms with Crippen molar-refractivity contribution in [2.75, 3.05) is 13.1 Å². The van der Waals surface area contributed by atoms with Gasteiger partial charge in [0.1, 0.15) is 0 Å². The minimum atomic E-state index is -0.973. The Labute approximate surface area is 77.3 Å². The third-order valence-electron chi connectivity index (χ3n) is 1.59. The molecular formula is C8H15N2O3. The number of unbranched alkanes of at least 4 members (excludes halogenated alkanes) is 1. The highest BCUT2D eigenvalue weighted by Crippen LogP contribution is 1.97. The molecule has 0 spiro atoms. The van der Waals surface area contributed by atoms with Gasteiger partial charge >= 0.3 is 5.97 Å². The number of nitrogens with one attached hydrogen (secondary N) is 1. The molecule has 0 heterocycles. The van der Waals surface area contributed by atoms with E-state index in [1.807, 2.05) is 0 Å². The minimum absolute atomic E-state index is 0.206. The summed E-state index contributed by atoms with van der Waals surface area (Å²) in [6.07, 6.45) is 3.99. The van der Waals surface area contributed by atoms with Gasteiger partial charge in [-0.2, -0.15) is 0 Å². The van der Waals surface area contributed by atoms with Crippen molar-refractivity contribution in [3.05, 3.63) is 0 Å². The van der Waals surface area contributed by atoms with Crippen LogP contribution in [0.1, 0.15) is 19.3 Å². The van der Waals surface area contributed by atoms with E-state index in [9.17, 15) is 9.59 Å². The molecule has 5 nitrogen and oxygen atoms in total. The van der Waals surface area contributed by atoms with Gasteiger partial charge in [0.05, 0.1) is 12.6 Å². The fraction of sp³-hybridized carbons (Fsp3) is 0.750. The predicted molar refractivity (Wildman–Crippen MR) is 48.0 cm³/mol. The molecule has 0 aliphatic heterocycles. The Bertz CT molecular complexity index is 161. The quantitative estimate of drug-likeness (QED) is 0.435. The van der Waals surface area contributed by atoms with Crippen LogP contribution in [0.2, 0.25) is 0 Å². The number of rotatable bonds is 8. The molecule has 0 amide bonds. The lowest BCUT2D eigenvalue weighted by atomic mass is 10.1. The predicted octanol–water partition coefficient (Wildman–Crippen LogP) is -0.732. The molecule has 0 aromatic heterocycles. The fourth-order valence-electron chi connectivity index (χ4n) is 0.906. The van der Waals surface area contributed by atoms with Crippen LogP contribution in [0, 0.1) is 0 Å². The number of nitrogens with two attached hydrogens (primary N) is 1. The molecule has 5 heteroatoms. The molecule has 0 aliphatic carbocycles. The number of aliphatic carboxylic acids is 1. The average molecular weight is 187 g/mol. The van der Waals surface area contributed by atoms with Crippen molar-refractivity contribution in [3.8, 4) is 0 Å². The maximum Gasteiger partial charge on any atom is 0.317 e. The van der Waals surface area contributed by atoms with E-state index in [2.05, 4.69) is 5.32 Å². The monoisotopic (exact) mass is 187 g/mol. The van der Waals surface area contributed by atoms with E-state index in [1.165, 1.54) is 0 Å². The molecule has 4 N–H and O–H groups in total. The first-order valence-electron chi connectivity index (χ1n) is 4.23. The molecule has 0 aliphatic rings. The van der Waals surface area contributed by atoms with E-state index in [-0.39, 0.29) is 6.54 Å². The molecule has 0 saturated heterocycles. The molecule has 0 aromatic carbocycles. The van der Waals surface area contributed by atoms with Crippen LogP contribution in [0.15, 0.2) is 0 Å². The van der Waals surface area contributed by atoms with Crippen LogP contribution in [0.5, 0.6) is 0 Å². The van der Waals surface area contributed by atoms with Crippen LogP contribution in [-0.4, -0.2) is 36.5 Å². The van der Waals surface area contributed by atoms with Gasteiger partial charge in [0.2, 0.25) is 6.29 Å². The van der Waals surface area contributed by atoms with E-state index in [4.69, 9.17) is 10.8 Å². The second kappa shape index (κ2) is 7.70. The average Bonchev–Trinajstić information content (AvgIpc) is 2.10. The van der Waals surface area contributed by atoms with Crippen LogP contribution in [0.25, 0.3) is 0 Å². The van der Waals surface area contributed by atoms with Gasteiger partial charge in [0, 0.05) is 0 Å². The molecule has 13 heavy (non-hydrogen) atoms. The molecule has 0 aromatic rings. The van der Waals surface area contributed by atoms with E-state index in [0.29, 0.717) is 13.0 Å². The summed E-state index contributed by atoms with van der Waals surface area (Å²) in [6, 6.07) is -0.484. The highest BCUT2D eigenvalue weighted by molar-refractivity contribution is 5.70. The van der Waals surface area contributed by atoms with Crippen LogP contribution in [0.4, 0.5) is 0 Å². The molecule has 0 bridgehead atoms. The van der Waals surface area contributed by atoms with E-state index < -0.39 is 12.0 Å². The van der Waals surface area contributed by atoms with Gasteiger partial charge in [0.25, 0.3) is 0 Å². The van der Waals surface area contributed by atoms with E-state index >= 15 is 0 Å². The Balaban J connectivity index is 3.51. The van der Waals surface area contributed by atoms with Gasteiger partial charge in [-0.15, -0.1) is 0 Å². The molecule has 0 saturated carbocycles. The Hall–Kier alpha value is -0.940. The zero-order chi connectivity index (χ0) is 10.1. The van der Waals surface area contributed by atoms with Crippen molar-refractivity contribution in [2.45, 2.75) is 25.3 Å². The molecule has 0 rings (SSSR count). The van der Waals surface area contributed by atoms with Crippen LogP contribution >= 0.6 is 0 Å². The number of carboxylic acid groups (broad SMARTS) is 1. The third kappa shape index (κ3) is 7.42. The maximum absolute atomic E-state index is 10.3. The van der Waals surface area contributed by atoms with Gasteiger partial charge in [-0.05, 0) is 19.4 Å². The van der Waals surface area contributed by atoms with Crippen molar-refractivity contribution >= 4 is 12.3 Å². The summed E-state index contributed by atoms with van der Waals surface area (Å²) >= 11 is 0. The lowest BCUT2D eigenvalue weighted by Crippen LogP contribution is -2.34. The fourth-order valence-corrected chi connectivity index (χ4v) is 0.906. The Morgan fingerprint density at radius 1 is 1.54 bits per heavy atom. The number of carbonyl (C=O) groups excluding carboxylic acids is 1. The first-order valence-corrected chi connectivity index (χ1v) is 4.23. The van der Waals surface area contributed by atoms with Crippen molar-refractivity contribution in [1.82, 2.24) is 5.32 Å². The van der Waals surface area contributed by atoms with Crippen molar-refractivity contribution < 1.29 is 14.7 Å². The Morgan fingerprint density at radius 2 is 2.23 bits per heavy atom. The topological polar surface area (TPSA) is 92.4 Å². The second-order valence-electron chi connectivity index (χ2n) is 2.73. The van der Waals surface area contributed by atoms with Gasteiger partial charge in [-0.3, -0.25) is 14.9 Å². The molecule has 75 valence electrons. The van der Waals surface area contributed by atoms with Gasteiger partial charge in [0.15, 0.2) is 0 Å². The van der Waals surface area contributed by atoms with Crippen LogP contribution in [-0.2, 0) is 9.59 Å². The second-order valence-corrected chi connectivity index (χ2v) is 2.73. The van der Waals surface area contributed by atoms with Crippen LogP contribution < -0.4 is 11.1 Å². The third-order valence-corrected chi connectivity index (χ3v) is 1.59. The largest absolute Gasteiger partial charge is 0.480 e. The standard InChI is InChI=1S/C8H15N2O3/c9-4-2-1-3-7(6-11)10-5-8(12)13/h7,10H,1-5,9H2,(H,12,13)/t7-/m0/s1. The molecule has 1 atom stereocenters. The lowest BCUT2D eigenvalue weighted by Gasteiger charge is -2.08. The number of hydrogen-bond donors (Lipinski definition) is 3. The van der Waals surface area contributed by atoms with Crippen LogP contribution in [0.3, 0.4) is 0 Å². The Kier molecular flexibility index (Phi) is 7.14. The minimum Gasteiger partial charge on any atom is -0.480 e. The van der Waals surface area contributed by atoms with Gasteiger partial charge in [-0.25, -0.2) is 0 Å². The summed E-state index contributed by atoms with van der Waals surface area (Å²) in [5.41, 5.74) is 5.27.